The fourth-order valence-electron chi connectivity index (χ4n) is 2.23. The highest BCUT2D eigenvalue weighted by Gasteiger charge is 2.12. The second-order valence-corrected chi connectivity index (χ2v) is 4.63. The van der Waals surface area contributed by atoms with Crippen molar-refractivity contribution in [2.45, 2.75) is 12.8 Å². The van der Waals surface area contributed by atoms with Crippen molar-refractivity contribution in [1.29, 1.82) is 0 Å². The van der Waals surface area contributed by atoms with E-state index < -0.39 is 5.91 Å². The largest absolute Gasteiger partial charge is 0.493 e. The molecule has 19 heavy (non-hydrogen) atoms. The Hall–Kier alpha value is -1.75. The number of benzene rings is 1. The molecule has 1 amide bonds. The third-order valence-electron chi connectivity index (χ3n) is 3.31. The number of nitrogens with zero attached hydrogens (tertiary/aromatic N) is 1. The number of hydrogen-bond donors (Lipinski definition) is 1. The summed E-state index contributed by atoms with van der Waals surface area (Å²) in [5, 5.41) is 0. The van der Waals surface area contributed by atoms with E-state index in [2.05, 4.69) is 4.90 Å². The maximum absolute atomic E-state index is 11.2. The molecule has 0 unspecified atom stereocenters. The zero-order valence-electron chi connectivity index (χ0n) is 11.2. The van der Waals surface area contributed by atoms with Crippen LogP contribution in [0.4, 0.5) is 0 Å². The lowest BCUT2D eigenvalue weighted by molar-refractivity contribution is 0.0999. The third-order valence-corrected chi connectivity index (χ3v) is 3.31. The molecule has 0 aliphatic carbocycles. The number of amides is 1. The first-order valence-corrected chi connectivity index (χ1v) is 6.53. The lowest BCUT2D eigenvalue weighted by Gasteiger charge is -2.16. The van der Waals surface area contributed by atoms with Crippen LogP contribution in [-0.2, 0) is 0 Å². The number of methoxy groups -OCH3 is 1. The molecule has 104 valence electrons. The molecule has 0 radical (unpaired) electrons. The van der Waals surface area contributed by atoms with Crippen LogP contribution in [0.5, 0.6) is 11.5 Å². The number of rotatable bonds is 6. The van der Waals surface area contributed by atoms with Crippen LogP contribution in [0, 0.1) is 0 Å². The Balaban J connectivity index is 1.96. The fraction of sp³-hybridized carbons (Fsp3) is 0.500. The minimum Gasteiger partial charge on any atom is -0.493 e. The lowest BCUT2D eigenvalue weighted by atomic mass is 10.2. The maximum Gasteiger partial charge on any atom is 0.248 e. The average Bonchev–Trinajstić information content (AvgIpc) is 2.91. The number of carbonyl (C=O) groups excluding carboxylic acids is 1. The maximum atomic E-state index is 11.2. The SMILES string of the molecule is COc1ccc(C(N)=O)cc1OCCN1CCCC1. The van der Waals surface area contributed by atoms with E-state index in [1.165, 1.54) is 12.8 Å². The summed E-state index contributed by atoms with van der Waals surface area (Å²) in [6.45, 7) is 3.76. The van der Waals surface area contributed by atoms with Gasteiger partial charge in [0.25, 0.3) is 0 Å². The zero-order valence-corrected chi connectivity index (χ0v) is 11.2. The number of hydrogen-bond acceptors (Lipinski definition) is 4. The van der Waals surface area contributed by atoms with Gasteiger partial charge in [-0.3, -0.25) is 9.69 Å². The normalized spacial score (nSPS) is 15.4. The Kier molecular flexibility index (Phi) is 4.63. The Labute approximate surface area is 113 Å². The number of ether oxygens (including phenoxy) is 2. The molecule has 1 aromatic carbocycles. The Bertz CT molecular complexity index is 442. The van der Waals surface area contributed by atoms with Crippen molar-refractivity contribution in [3.63, 3.8) is 0 Å². The van der Waals surface area contributed by atoms with Crippen molar-refractivity contribution in [3.8, 4) is 11.5 Å². The first-order chi connectivity index (χ1) is 9.20. The highest BCUT2D eigenvalue weighted by atomic mass is 16.5. The van der Waals surface area contributed by atoms with Gasteiger partial charge in [-0.15, -0.1) is 0 Å². The molecule has 0 saturated carbocycles. The number of nitrogens with two attached hydrogens (primary N) is 1. The molecule has 5 heteroatoms. The smallest absolute Gasteiger partial charge is 0.248 e. The molecule has 1 aromatic rings. The summed E-state index contributed by atoms with van der Waals surface area (Å²) in [6, 6.07) is 4.96. The fourth-order valence-corrected chi connectivity index (χ4v) is 2.23. The summed E-state index contributed by atoms with van der Waals surface area (Å²) in [6.07, 6.45) is 2.53. The predicted octanol–water partition coefficient (Wildman–Crippen LogP) is 1.27. The first-order valence-electron chi connectivity index (χ1n) is 6.53. The van der Waals surface area contributed by atoms with Crippen LogP contribution in [0.25, 0.3) is 0 Å². The minimum atomic E-state index is -0.466. The summed E-state index contributed by atoms with van der Waals surface area (Å²) in [5.41, 5.74) is 5.69. The highest BCUT2D eigenvalue weighted by Crippen LogP contribution is 2.27. The van der Waals surface area contributed by atoms with Crippen molar-refractivity contribution in [2.24, 2.45) is 5.73 Å². The molecule has 1 fully saturated rings. The summed E-state index contributed by atoms with van der Waals surface area (Å²) in [7, 11) is 1.58. The Morgan fingerprint density at radius 1 is 1.32 bits per heavy atom. The molecule has 0 spiro atoms. The van der Waals surface area contributed by atoms with Crippen molar-refractivity contribution in [1.82, 2.24) is 4.90 Å². The summed E-state index contributed by atoms with van der Waals surface area (Å²) < 4.78 is 10.9. The van der Waals surface area contributed by atoms with Crippen LogP contribution in [0.15, 0.2) is 18.2 Å². The lowest BCUT2D eigenvalue weighted by Crippen LogP contribution is -2.25. The van der Waals surface area contributed by atoms with Gasteiger partial charge in [0, 0.05) is 12.1 Å². The van der Waals surface area contributed by atoms with Gasteiger partial charge in [-0.1, -0.05) is 0 Å². The monoisotopic (exact) mass is 264 g/mol. The van der Waals surface area contributed by atoms with E-state index in [0.717, 1.165) is 19.6 Å². The molecule has 1 saturated heterocycles. The van der Waals surface area contributed by atoms with Crippen molar-refractivity contribution in [3.05, 3.63) is 23.8 Å². The second kappa shape index (κ2) is 6.43. The Morgan fingerprint density at radius 2 is 2.05 bits per heavy atom. The minimum absolute atomic E-state index is 0.428. The standard InChI is InChI=1S/C14H20N2O3/c1-18-12-5-4-11(14(15)17)10-13(12)19-9-8-16-6-2-3-7-16/h4-5,10H,2-3,6-9H2,1H3,(H2,15,17). The molecule has 0 atom stereocenters. The Morgan fingerprint density at radius 3 is 2.68 bits per heavy atom. The number of carbonyl (C=O) groups is 1. The van der Waals surface area contributed by atoms with Crippen molar-refractivity contribution >= 4 is 5.91 Å². The van der Waals surface area contributed by atoms with E-state index in [1.54, 1.807) is 25.3 Å². The van der Waals surface area contributed by atoms with Crippen LogP contribution >= 0.6 is 0 Å². The third kappa shape index (κ3) is 3.61. The van der Waals surface area contributed by atoms with Gasteiger partial charge in [0.1, 0.15) is 6.61 Å². The number of likely N-dealkylation sites (tertiary alicyclic amines) is 1. The van der Waals surface area contributed by atoms with E-state index in [9.17, 15) is 4.79 Å². The van der Waals surface area contributed by atoms with Crippen LogP contribution < -0.4 is 15.2 Å². The van der Waals surface area contributed by atoms with Crippen LogP contribution in [0.1, 0.15) is 23.2 Å². The molecule has 2 rings (SSSR count). The summed E-state index contributed by atoms with van der Waals surface area (Å²) in [5.74, 6) is 0.719. The van der Waals surface area contributed by atoms with E-state index >= 15 is 0 Å². The van der Waals surface area contributed by atoms with E-state index in [1.807, 2.05) is 0 Å². The van der Waals surface area contributed by atoms with Crippen LogP contribution in [-0.4, -0.2) is 44.2 Å². The molecular formula is C14H20N2O3. The molecule has 2 N–H and O–H groups in total. The van der Waals surface area contributed by atoms with Gasteiger partial charge in [-0.2, -0.15) is 0 Å². The molecule has 0 bridgehead atoms. The van der Waals surface area contributed by atoms with E-state index in [4.69, 9.17) is 15.2 Å². The zero-order chi connectivity index (χ0) is 13.7. The molecule has 5 nitrogen and oxygen atoms in total. The van der Waals surface area contributed by atoms with Gasteiger partial charge in [-0.25, -0.2) is 0 Å². The van der Waals surface area contributed by atoms with Crippen LogP contribution in [0.2, 0.25) is 0 Å². The first kappa shape index (κ1) is 13.7. The topological polar surface area (TPSA) is 64.8 Å². The molecule has 1 aliphatic heterocycles. The van der Waals surface area contributed by atoms with Crippen molar-refractivity contribution in [2.75, 3.05) is 33.4 Å². The quantitative estimate of drug-likeness (QED) is 0.840. The summed E-state index contributed by atoms with van der Waals surface area (Å²) >= 11 is 0. The summed E-state index contributed by atoms with van der Waals surface area (Å²) in [4.78, 5) is 13.5. The van der Waals surface area contributed by atoms with Crippen LogP contribution in [0.3, 0.4) is 0 Å². The molecule has 1 aliphatic rings. The molecule has 1 heterocycles. The van der Waals surface area contributed by atoms with Gasteiger partial charge >= 0.3 is 0 Å². The van der Waals surface area contributed by atoms with E-state index in [-0.39, 0.29) is 0 Å². The van der Waals surface area contributed by atoms with Gasteiger partial charge in [0.2, 0.25) is 5.91 Å². The molecular weight excluding hydrogens is 244 g/mol. The van der Waals surface area contributed by atoms with E-state index in [0.29, 0.717) is 23.7 Å². The van der Waals surface area contributed by atoms with Crippen molar-refractivity contribution < 1.29 is 14.3 Å². The number of primary amides is 1. The second-order valence-electron chi connectivity index (χ2n) is 4.63. The van der Waals surface area contributed by atoms with Gasteiger partial charge in [-0.05, 0) is 44.1 Å². The highest BCUT2D eigenvalue weighted by molar-refractivity contribution is 5.93. The van der Waals surface area contributed by atoms with Gasteiger partial charge in [0.05, 0.1) is 7.11 Å². The van der Waals surface area contributed by atoms with Gasteiger partial charge in [0.15, 0.2) is 11.5 Å². The predicted molar refractivity (Wildman–Crippen MR) is 72.7 cm³/mol. The molecule has 0 aromatic heterocycles. The average molecular weight is 264 g/mol. The van der Waals surface area contributed by atoms with Gasteiger partial charge < -0.3 is 15.2 Å².